The lowest BCUT2D eigenvalue weighted by Crippen LogP contribution is -2.44. The van der Waals surface area contributed by atoms with Crippen molar-refractivity contribution < 1.29 is 26.4 Å². The maximum Gasteiger partial charge on any atom is 0.434 e. The van der Waals surface area contributed by atoms with Gasteiger partial charge >= 0.3 is 6.18 Å². The summed E-state index contributed by atoms with van der Waals surface area (Å²) in [4.78, 5) is 21.1. The van der Waals surface area contributed by atoms with Crippen LogP contribution >= 0.6 is 0 Å². The molecule has 0 radical (unpaired) electrons. The molecule has 0 saturated carbocycles. The van der Waals surface area contributed by atoms with Gasteiger partial charge in [-0.25, -0.2) is 18.4 Å². The molecule has 1 amide bonds. The minimum absolute atomic E-state index is 0.126. The first kappa shape index (κ1) is 23.4. The topological polar surface area (TPSA) is 92.3 Å². The van der Waals surface area contributed by atoms with Crippen LogP contribution in [0.5, 0.6) is 0 Å². The Balaban J connectivity index is 2.18. The predicted molar refractivity (Wildman–Crippen MR) is 103 cm³/mol. The van der Waals surface area contributed by atoms with Crippen LogP contribution in [0.15, 0.2) is 6.20 Å². The number of carbonyl (C=O) groups is 1. The number of hydrogen-bond donors (Lipinski definition) is 1. The number of anilines is 1. The number of nitrogens with zero attached hydrogens (tertiary/aromatic N) is 3. The van der Waals surface area contributed by atoms with E-state index in [2.05, 4.69) is 29.1 Å². The molecule has 0 bridgehead atoms. The third-order valence-electron chi connectivity index (χ3n) is 5.08. The molecule has 0 aromatic carbocycles. The van der Waals surface area contributed by atoms with E-state index in [9.17, 15) is 26.4 Å². The summed E-state index contributed by atoms with van der Waals surface area (Å²) in [5, 5.41) is 2.86. The molecule has 0 aliphatic carbocycles. The molecule has 29 heavy (non-hydrogen) atoms. The van der Waals surface area contributed by atoms with Gasteiger partial charge in [-0.1, -0.05) is 20.3 Å². The van der Waals surface area contributed by atoms with Crippen molar-refractivity contribution in [3.05, 3.63) is 17.5 Å². The first-order chi connectivity index (χ1) is 13.4. The molecule has 164 valence electrons. The number of alkyl halides is 3. The van der Waals surface area contributed by atoms with Gasteiger partial charge in [0.25, 0.3) is 5.91 Å². The lowest BCUT2D eigenvalue weighted by Gasteiger charge is -2.27. The maximum absolute atomic E-state index is 13.5. The molecule has 1 aromatic heterocycles. The fraction of sp³-hybridized carbons (Fsp3) is 0.722. The molecule has 1 fully saturated rings. The van der Waals surface area contributed by atoms with Crippen LogP contribution in [-0.2, 0) is 16.0 Å². The number of rotatable bonds is 7. The van der Waals surface area contributed by atoms with Gasteiger partial charge in [0.15, 0.2) is 15.5 Å². The van der Waals surface area contributed by atoms with Crippen molar-refractivity contribution in [2.45, 2.75) is 52.3 Å². The summed E-state index contributed by atoms with van der Waals surface area (Å²) in [6, 6.07) is -0.126. The van der Waals surface area contributed by atoms with Crippen LogP contribution < -0.4 is 5.32 Å². The highest BCUT2D eigenvalue weighted by Gasteiger charge is 2.40. The molecule has 1 aliphatic rings. The Kier molecular flexibility index (Phi) is 7.47. The highest BCUT2D eigenvalue weighted by atomic mass is 32.2. The van der Waals surface area contributed by atoms with E-state index < -0.39 is 33.2 Å². The fourth-order valence-corrected chi connectivity index (χ4v) is 4.14. The second-order valence-electron chi connectivity index (χ2n) is 7.53. The van der Waals surface area contributed by atoms with Crippen LogP contribution in [0, 0.1) is 5.92 Å². The van der Waals surface area contributed by atoms with E-state index in [4.69, 9.17) is 0 Å². The number of hydrogen-bond acceptors (Lipinski definition) is 6. The molecule has 11 heteroatoms. The van der Waals surface area contributed by atoms with Crippen molar-refractivity contribution in [1.82, 2.24) is 14.9 Å². The van der Waals surface area contributed by atoms with Crippen molar-refractivity contribution in [2.75, 3.05) is 29.9 Å². The van der Waals surface area contributed by atoms with Gasteiger partial charge in [-0.2, -0.15) is 13.2 Å². The fourth-order valence-electron chi connectivity index (χ4n) is 2.94. The lowest BCUT2D eigenvalue weighted by molar-refractivity contribution is -0.141. The van der Waals surface area contributed by atoms with Crippen LogP contribution in [0.3, 0.4) is 0 Å². The van der Waals surface area contributed by atoms with Crippen LogP contribution in [-0.4, -0.2) is 59.8 Å². The molecule has 2 atom stereocenters. The Labute approximate surface area is 169 Å². The average Bonchev–Trinajstić information content (AvgIpc) is 2.64. The largest absolute Gasteiger partial charge is 0.434 e. The minimum atomic E-state index is -4.84. The Bertz CT molecular complexity index is 816. The molecule has 1 aliphatic heterocycles. The first-order valence-corrected chi connectivity index (χ1v) is 11.5. The molecular weight excluding hydrogens is 409 g/mol. The molecule has 1 saturated heterocycles. The smallest absolute Gasteiger partial charge is 0.352 e. The summed E-state index contributed by atoms with van der Waals surface area (Å²) in [7, 11) is -3.26. The van der Waals surface area contributed by atoms with Crippen molar-refractivity contribution >= 4 is 21.7 Å². The predicted octanol–water partition coefficient (Wildman–Crippen LogP) is 2.99. The van der Waals surface area contributed by atoms with Gasteiger partial charge in [0.2, 0.25) is 5.95 Å². The summed E-state index contributed by atoms with van der Waals surface area (Å²) in [6.45, 7) is 5.73. The van der Waals surface area contributed by atoms with Gasteiger partial charge in [0.1, 0.15) is 0 Å². The summed E-state index contributed by atoms with van der Waals surface area (Å²) in [5.41, 5.74) is -1.99. The van der Waals surface area contributed by atoms with Crippen LogP contribution in [0.1, 0.15) is 56.1 Å². The first-order valence-electron chi connectivity index (χ1n) is 9.63. The van der Waals surface area contributed by atoms with Crippen molar-refractivity contribution in [3.8, 4) is 0 Å². The molecule has 2 rings (SSSR count). The molecular formula is C18H27F3N4O3S. The number of halogens is 3. The highest BCUT2D eigenvalue weighted by molar-refractivity contribution is 7.91. The van der Waals surface area contributed by atoms with Crippen LogP contribution in [0.25, 0.3) is 0 Å². The second-order valence-corrected chi connectivity index (χ2v) is 9.84. The van der Waals surface area contributed by atoms with E-state index in [1.807, 2.05) is 6.92 Å². The van der Waals surface area contributed by atoms with E-state index in [0.29, 0.717) is 5.92 Å². The van der Waals surface area contributed by atoms with Crippen molar-refractivity contribution in [3.63, 3.8) is 0 Å². The zero-order valence-electron chi connectivity index (χ0n) is 16.8. The van der Waals surface area contributed by atoms with Crippen LogP contribution in [0.2, 0.25) is 0 Å². The number of carbonyl (C=O) groups excluding carboxylic acids is 1. The van der Waals surface area contributed by atoms with Crippen molar-refractivity contribution in [1.29, 1.82) is 0 Å². The standard InChI is InChI=1S/C18H27F3N4O3S/c1-4-12(2)5-6-13(3)23-17-22-11-14(15(24-17)18(19,20)21)16(26)25-7-9-29(27,28)10-8-25/h11-13H,4-10H2,1-3H3,(H,22,23,24). The summed E-state index contributed by atoms with van der Waals surface area (Å²) >= 11 is 0. The Morgan fingerprint density at radius 3 is 2.41 bits per heavy atom. The number of amides is 1. The van der Waals surface area contributed by atoms with E-state index in [1.165, 1.54) is 0 Å². The lowest BCUT2D eigenvalue weighted by atomic mass is 10.0. The summed E-state index contributed by atoms with van der Waals surface area (Å²) in [6.07, 6.45) is -1.28. The molecule has 1 aromatic rings. The Morgan fingerprint density at radius 1 is 1.24 bits per heavy atom. The van der Waals surface area contributed by atoms with E-state index in [1.54, 1.807) is 0 Å². The average molecular weight is 437 g/mol. The second kappa shape index (κ2) is 9.27. The van der Waals surface area contributed by atoms with E-state index in [0.717, 1.165) is 30.4 Å². The SMILES string of the molecule is CCC(C)CCC(C)Nc1ncc(C(=O)N2CCS(=O)(=O)CC2)c(C(F)(F)F)n1. The Hall–Kier alpha value is -1.91. The maximum atomic E-state index is 13.5. The number of nitrogens with one attached hydrogen (secondary N) is 1. The Morgan fingerprint density at radius 2 is 1.86 bits per heavy atom. The van der Waals surface area contributed by atoms with E-state index in [-0.39, 0.29) is 36.6 Å². The van der Waals surface area contributed by atoms with Gasteiger partial charge in [0.05, 0.1) is 17.1 Å². The van der Waals surface area contributed by atoms with Gasteiger partial charge in [-0.05, 0) is 25.7 Å². The molecule has 1 N–H and O–H groups in total. The number of aromatic nitrogens is 2. The van der Waals surface area contributed by atoms with Gasteiger partial charge in [-0.3, -0.25) is 4.79 Å². The summed E-state index contributed by atoms with van der Waals surface area (Å²) < 4.78 is 63.6. The van der Waals surface area contributed by atoms with Gasteiger partial charge < -0.3 is 10.2 Å². The third kappa shape index (κ3) is 6.55. The molecule has 2 heterocycles. The number of sulfone groups is 1. The molecule has 7 nitrogen and oxygen atoms in total. The quantitative estimate of drug-likeness (QED) is 0.707. The molecule has 2 unspecified atom stereocenters. The van der Waals surface area contributed by atoms with Crippen LogP contribution in [0.4, 0.5) is 19.1 Å². The van der Waals surface area contributed by atoms with Crippen molar-refractivity contribution in [2.24, 2.45) is 5.92 Å². The minimum Gasteiger partial charge on any atom is -0.352 e. The summed E-state index contributed by atoms with van der Waals surface area (Å²) in [5.74, 6) is -1.13. The van der Waals surface area contributed by atoms with Gasteiger partial charge in [-0.15, -0.1) is 0 Å². The molecule has 0 spiro atoms. The normalized spacial score (nSPS) is 18.9. The highest BCUT2D eigenvalue weighted by Crippen LogP contribution is 2.31. The third-order valence-corrected chi connectivity index (χ3v) is 6.69. The monoisotopic (exact) mass is 436 g/mol. The van der Waals surface area contributed by atoms with E-state index >= 15 is 0 Å². The van der Waals surface area contributed by atoms with Gasteiger partial charge in [0, 0.05) is 25.3 Å². The zero-order chi connectivity index (χ0) is 21.8. The zero-order valence-corrected chi connectivity index (χ0v) is 17.6.